The molecule has 1 rings (SSSR count). The van der Waals surface area contributed by atoms with Crippen molar-refractivity contribution in [2.75, 3.05) is 6.54 Å². The highest BCUT2D eigenvalue weighted by Crippen LogP contribution is 2.16. The number of hydrogen-bond acceptors (Lipinski definition) is 2. The van der Waals surface area contributed by atoms with Crippen LogP contribution in [-0.4, -0.2) is 17.6 Å². The van der Waals surface area contributed by atoms with E-state index in [4.69, 9.17) is 5.11 Å². The van der Waals surface area contributed by atoms with Crippen LogP contribution in [0.3, 0.4) is 0 Å². The molecule has 18 heavy (non-hydrogen) atoms. The summed E-state index contributed by atoms with van der Waals surface area (Å²) in [4.78, 5) is 11.5. The van der Waals surface area contributed by atoms with Gasteiger partial charge in [-0.1, -0.05) is 32.3 Å². The third-order valence-electron chi connectivity index (χ3n) is 2.73. The second-order valence-corrected chi connectivity index (χ2v) is 4.37. The fourth-order valence-corrected chi connectivity index (χ4v) is 1.69. The van der Waals surface area contributed by atoms with Crippen molar-refractivity contribution < 1.29 is 14.3 Å². The minimum atomic E-state index is -0.691. The molecule has 0 spiro atoms. The Kier molecular flexibility index (Phi) is 6.19. The second-order valence-electron chi connectivity index (χ2n) is 4.37. The standard InChI is InChI=1S/C14H20FNO2/c1-2-3-4-5-8-16-14(18)10-11-6-7-13(17)12(15)9-11/h6-7,9,17H,2-5,8,10H2,1H3,(H,16,18). The molecule has 0 saturated heterocycles. The van der Waals surface area contributed by atoms with Crippen LogP contribution in [-0.2, 0) is 11.2 Å². The first-order valence-corrected chi connectivity index (χ1v) is 6.37. The van der Waals surface area contributed by atoms with Gasteiger partial charge in [0.1, 0.15) is 0 Å². The van der Waals surface area contributed by atoms with Crippen LogP contribution in [0.4, 0.5) is 4.39 Å². The Morgan fingerprint density at radius 3 is 2.78 bits per heavy atom. The van der Waals surface area contributed by atoms with Crippen LogP contribution in [0.5, 0.6) is 5.75 Å². The number of phenolic OH excluding ortho intramolecular Hbond substituents is 1. The topological polar surface area (TPSA) is 49.3 Å². The lowest BCUT2D eigenvalue weighted by molar-refractivity contribution is -0.120. The van der Waals surface area contributed by atoms with Gasteiger partial charge >= 0.3 is 0 Å². The molecule has 0 saturated carbocycles. The van der Waals surface area contributed by atoms with E-state index in [-0.39, 0.29) is 12.3 Å². The average molecular weight is 253 g/mol. The normalized spacial score (nSPS) is 10.3. The molecule has 0 fully saturated rings. The summed E-state index contributed by atoms with van der Waals surface area (Å²) in [7, 11) is 0. The maximum Gasteiger partial charge on any atom is 0.224 e. The van der Waals surface area contributed by atoms with Gasteiger partial charge in [-0.25, -0.2) is 4.39 Å². The third kappa shape index (κ3) is 5.17. The Morgan fingerprint density at radius 2 is 2.11 bits per heavy atom. The van der Waals surface area contributed by atoms with Crippen molar-refractivity contribution >= 4 is 5.91 Å². The summed E-state index contributed by atoms with van der Waals surface area (Å²) in [6, 6.07) is 4.00. The van der Waals surface area contributed by atoms with Crippen molar-refractivity contribution in [2.24, 2.45) is 0 Å². The van der Waals surface area contributed by atoms with Crippen LogP contribution in [0, 0.1) is 5.82 Å². The van der Waals surface area contributed by atoms with Gasteiger partial charge in [-0.2, -0.15) is 0 Å². The first-order valence-electron chi connectivity index (χ1n) is 6.37. The smallest absolute Gasteiger partial charge is 0.224 e. The van der Waals surface area contributed by atoms with Crippen LogP contribution in [0.2, 0.25) is 0 Å². The van der Waals surface area contributed by atoms with E-state index in [1.54, 1.807) is 6.07 Å². The first kappa shape index (κ1) is 14.5. The van der Waals surface area contributed by atoms with E-state index < -0.39 is 11.6 Å². The summed E-state index contributed by atoms with van der Waals surface area (Å²) in [5.41, 5.74) is 0.566. The molecule has 1 amide bonds. The molecule has 1 aromatic rings. The maximum absolute atomic E-state index is 13.0. The molecule has 0 heterocycles. The molecular formula is C14H20FNO2. The number of benzene rings is 1. The molecule has 2 N–H and O–H groups in total. The number of aromatic hydroxyl groups is 1. The van der Waals surface area contributed by atoms with Gasteiger partial charge in [0.15, 0.2) is 11.6 Å². The van der Waals surface area contributed by atoms with Crippen LogP contribution >= 0.6 is 0 Å². The van der Waals surface area contributed by atoms with Gasteiger partial charge in [0.2, 0.25) is 5.91 Å². The fourth-order valence-electron chi connectivity index (χ4n) is 1.69. The summed E-state index contributed by atoms with van der Waals surface area (Å²) < 4.78 is 13.0. The SMILES string of the molecule is CCCCCCNC(=O)Cc1ccc(O)c(F)c1. The van der Waals surface area contributed by atoms with Crippen LogP contribution in [0.25, 0.3) is 0 Å². The predicted molar refractivity (Wildman–Crippen MR) is 68.9 cm³/mol. The molecule has 1 aromatic carbocycles. The molecule has 0 unspecified atom stereocenters. The van der Waals surface area contributed by atoms with Gasteiger partial charge in [-0.05, 0) is 24.1 Å². The van der Waals surface area contributed by atoms with Gasteiger partial charge in [0.25, 0.3) is 0 Å². The van der Waals surface area contributed by atoms with E-state index in [1.807, 2.05) is 0 Å². The zero-order valence-electron chi connectivity index (χ0n) is 10.7. The highest BCUT2D eigenvalue weighted by Gasteiger charge is 2.06. The van der Waals surface area contributed by atoms with Gasteiger partial charge in [0.05, 0.1) is 6.42 Å². The molecular weight excluding hydrogens is 233 g/mol. The van der Waals surface area contributed by atoms with E-state index in [1.165, 1.54) is 25.0 Å². The minimum absolute atomic E-state index is 0.114. The summed E-state index contributed by atoms with van der Waals surface area (Å²) in [6.07, 6.45) is 4.58. The highest BCUT2D eigenvalue weighted by molar-refractivity contribution is 5.78. The van der Waals surface area contributed by atoms with Crippen molar-refractivity contribution in [3.05, 3.63) is 29.6 Å². The number of carbonyl (C=O) groups is 1. The van der Waals surface area contributed by atoms with Crippen molar-refractivity contribution in [3.63, 3.8) is 0 Å². The lowest BCUT2D eigenvalue weighted by Crippen LogP contribution is -2.26. The molecule has 0 aliphatic carbocycles. The number of rotatable bonds is 7. The van der Waals surface area contributed by atoms with Gasteiger partial charge in [0, 0.05) is 6.54 Å². The lowest BCUT2D eigenvalue weighted by atomic mass is 10.1. The van der Waals surface area contributed by atoms with Crippen LogP contribution in [0.15, 0.2) is 18.2 Å². The maximum atomic E-state index is 13.0. The largest absolute Gasteiger partial charge is 0.505 e. The van der Waals surface area contributed by atoms with Crippen molar-refractivity contribution in [1.82, 2.24) is 5.32 Å². The summed E-state index contributed by atoms with van der Waals surface area (Å²) in [5, 5.41) is 11.8. The van der Waals surface area contributed by atoms with E-state index in [0.29, 0.717) is 12.1 Å². The summed E-state index contributed by atoms with van der Waals surface area (Å²) in [6.45, 7) is 2.80. The Hall–Kier alpha value is -1.58. The van der Waals surface area contributed by atoms with Crippen LogP contribution in [0.1, 0.15) is 38.2 Å². The zero-order chi connectivity index (χ0) is 13.4. The average Bonchev–Trinajstić information content (AvgIpc) is 2.34. The Labute approximate surface area is 107 Å². The predicted octanol–water partition coefficient (Wildman–Crippen LogP) is 2.77. The molecule has 0 aliphatic heterocycles. The molecule has 0 aromatic heterocycles. The van der Waals surface area contributed by atoms with Crippen molar-refractivity contribution in [1.29, 1.82) is 0 Å². The molecule has 0 bridgehead atoms. The summed E-state index contributed by atoms with van der Waals surface area (Å²) >= 11 is 0. The van der Waals surface area contributed by atoms with Gasteiger partial charge in [-0.15, -0.1) is 0 Å². The number of hydrogen-bond donors (Lipinski definition) is 2. The number of carbonyl (C=O) groups excluding carboxylic acids is 1. The zero-order valence-corrected chi connectivity index (χ0v) is 10.7. The first-order chi connectivity index (χ1) is 8.63. The quantitative estimate of drug-likeness (QED) is 0.734. The van der Waals surface area contributed by atoms with Crippen molar-refractivity contribution in [2.45, 2.75) is 39.0 Å². The minimum Gasteiger partial charge on any atom is -0.505 e. The molecule has 3 nitrogen and oxygen atoms in total. The molecule has 0 radical (unpaired) electrons. The number of nitrogens with one attached hydrogen (secondary N) is 1. The van der Waals surface area contributed by atoms with Gasteiger partial charge in [-0.3, -0.25) is 4.79 Å². The van der Waals surface area contributed by atoms with Crippen molar-refractivity contribution in [3.8, 4) is 5.75 Å². The second kappa shape index (κ2) is 7.69. The Morgan fingerprint density at radius 1 is 1.33 bits per heavy atom. The Balaban J connectivity index is 2.29. The summed E-state index contributed by atoms with van der Waals surface area (Å²) in [5.74, 6) is -1.20. The highest BCUT2D eigenvalue weighted by atomic mass is 19.1. The van der Waals surface area contributed by atoms with Gasteiger partial charge < -0.3 is 10.4 Å². The van der Waals surface area contributed by atoms with E-state index >= 15 is 0 Å². The monoisotopic (exact) mass is 253 g/mol. The van der Waals surface area contributed by atoms with Crippen LogP contribution < -0.4 is 5.32 Å². The molecule has 0 aliphatic rings. The molecule has 100 valence electrons. The fraction of sp³-hybridized carbons (Fsp3) is 0.500. The Bertz CT molecular complexity index is 393. The molecule has 4 heteroatoms. The lowest BCUT2D eigenvalue weighted by Gasteiger charge is -2.05. The number of phenols is 1. The third-order valence-corrected chi connectivity index (χ3v) is 2.73. The van der Waals surface area contributed by atoms with E-state index in [9.17, 15) is 9.18 Å². The van der Waals surface area contributed by atoms with E-state index in [0.717, 1.165) is 12.8 Å². The number of unbranched alkanes of at least 4 members (excludes halogenated alkanes) is 3. The van der Waals surface area contributed by atoms with E-state index in [2.05, 4.69) is 12.2 Å². The number of halogens is 1. The number of amides is 1. The molecule has 0 atom stereocenters.